The highest BCUT2D eigenvalue weighted by Crippen LogP contribution is 2.12. The first-order valence-corrected chi connectivity index (χ1v) is 12.0. The molecule has 0 aliphatic carbocycles. The number of benzene rings is 2. The minimum absolute atomic E-state index is 0.0380. The third kappa shape index (κ3) is 9.59. The summed E-state index contributed by atoms with van der Waals surface area (Å²) in [4.78, 5) is 36.5. The van der Waals surface area contributed by atoms with Crippen molar-refractivity contribution in [3.05, 3.63) is 66.2 Å². The van der Waals surface area contributed by atoms with Crippen molar-refractivity contribution in [1.82, 2.24) is 15.4 Å². The van der Waals surface area contributed by atoms with Crippen molar-refractivity contribution in [3.8, 4) is 0 Å². The fourth-order valence-corrected chi connectivity index (χ4v) is 3.81. The molecule has 0 saturated carbocycles. The van der Waals surface area contributed by atoms with Crippen LogP contribution in [0.1, 0.15) is 26.3 Å². The van der Waals surface area contributed by atoms with Crippen LogP contribution in [0.5, 0.6) is 0 Å². The number of hydrogen-bond donors (Lipinski definition) is 3. The van der Waals surface area contributed by atoms with E-state index in [9.17, 15) is 22.8 Å². The zero-order valence-corrected chi connectivity index (χ0v) is 20.1. The lowest BCUT2D eigenvalue weighted by atomic mass is 10.2. The zero-order valence-electron chi connectivity index (χ0n) is 19.2. The average Bonchev–Trinajstić information content (AvgIpc) is 2.79. The molecule has 184 valence electrons. The summed E-state index contributed by atoms with van der Waals surface area (Å²) in [5, 5.41) is 4.71. The van der Waals surface area contributed by atoms with E-state index in [-0.39, 0.29) is 18.0 Å². The van der Waals surface area contributed by atoms with Crippen LogP contribution in [0.3, 0.4) is 0 Å². The van der Waals surface area contributed by atoms with Crippen molar-refractivity contribution in [2.75, 3.05) is 13.1 Å². The van der Waals surface area contributed by atoms with Crippen molar-refractivity contribution < 1.29 is 32.3 Å². The van der Waals surface area contributed by atoms with Crippen LogP contribution in [0.2, 0.25) is 0 Å². The first kappa shape index (κ1) is 26.8. The lowest BCUT2D eigenvalue weighted by Crippen LogP contribution is -2.51. The number of esters is 1. The first-order chi connectivity index (χ1) is 16.0. The summed E-state index contributed by atoms with van der Waals surface area (Å²) < 4.78 is 37.9. The first-order valence-electron chi connectivity index (χ1n) is 10.5. The van der Waals surface area contributed by atoms with Crippen LogP contribution in [0.4, 0.5) is 4.79 Å². The van der Waals surface area contributed by atoms with Gasteiger partial charge in [0.15, 0.2) is 0 Å². The highest BCUT2D eigenvalue weighted by molar-refractivity contribution is 7.89. The largest absolute Gasteiger partial charge is 0.459 e. The molecule has 0 aliphatic rings. The van der Waals surface area contributed by atoms with E-state index >= 15 is 0 Å². The molecule has 2 rings (SSSR count). The molecule has 11 heteroatoms. The number of hydrogen-bond acceptors (Lipinski definition) is 7. The molecule has 2 aromatic carbocycles. The number of carbonyl (C=O) groups excluding carboxylic acids is 3. The molecule has 0 aliphatic heterocycles. The lowest BCUT2D eigenvalue weighted by molar-refractivity contribution is -0.156. The van der Waals surface area contributed by atoms with Gasteiger partial charge in [0, 0.05) is 6.54 Å². The Bertz CT molecular complexity index is 1070. The molecule has 0 fully saturated rings. The summed E-state index contributed by atoms with van der Waals surface area (Å²) in [6, 6.07) is 15.1. The van der Waals surface area contributed by atoms with E-state index in [0.29, 0.717) is 0 Å². The number of amides is 2. The molecule has 0 radical (unpaired) electrons. The maximum atomic E-state index is 12.7. The van der Waals surface area contributed by atoms with Crippen LogP contribution in [0, 0.1) is 0 Å². The summed E-state index contributed by atoms with van der Waals surface area (Å²) in [5.74, 6) is -1.51. The van der Waals surface area contributed by atoms with Crippen molar-refractivity contribution >= 4 is 28.0 Å². The maximum absolute atomic E-state index is 12.7. The minimum atomic E-state index is -4.06. The predicted molar refractivity (Wildman–Crippen MR) is 124 cm³/mol. The molecule has 0 heterocycles. The van der Waals surface area contributed by atoms with Crippen LogP contribution in [-0.4, -0.2) is 51.1 Å². The standard InChI is InChI=1S/C23H29N3O7S/c1-23(2,3)33-21(28)19(26-34(30,31)18-12-8-5-9-13-18)14-24-20(27)15-25-22(29)32-16-17-10-6-4-7-11-17/h4-13,19,26H,14-16H2,1-3H3,(H,24,27)(H,25,29)/t19-/m0/s1. The van der Waals surface area contributed by atoms with Crippen LogP contribution >= 0.6 is 0 Å². The van der Waals surface area contributed by atoms with Gasteiger partial charge in [-0.2, -0.15) is 4.72 Å². The number of alkyl carbamates (subject to hydrolysis) is 1. The Morgan fingerprint density at radius 2 is 1.50 bits per heavy atom. The van der Waals surface area contributed by atoms with Crippen LogP contribution < -0.4 is 15.4 Å². The number of ether oxygens (including phenoxy) is 2. The minimum Gasteiger partial charge on any atom is -0.459 e. The second kappa shape index (κ2) is 12.1. The Hall–Kier alpha value is -3.44. The summed E-state index contributed by atoms with van der Waals surface area (Å²) >= 11 is 0. The third-order valence-electron chi connectivity index (χ3n) is 4.15. The Morgan fingerprint density at radius 1 is 0.912 bits per heavy atom. The van der Waals surface area contributed by atoms with Gasteiger partial charge in [-0.1, -0.05) is 48.5 Å². The second-order valence-corrected chi connectivity index (χ2v) is 9.95. The van der Waals surface area contributed by atoms with E-state index in [2.05, 4.69) is 15.4 Å². The van der Waals surface area contributed by atoms with Gasteiger partial charge in [-0.25, -0.2) is 13.2 Å². The van der Waals surface area contributed by atoms with Gasteiger partial charge in [-0.15, -0.1) is 0 Å². The summed E-state index contributed by atoms with van der Waals surface area (Å²) in [7, 11) is -4.06. The van der Waals surface area contributed by atoms with Gasteiger partial charge >= 0.3 is 12.1 Å². The van der Waals surface area contributed by atoms with Crippen molar-refractivity contribution in [2.45, 2.75) is 43.9 Å². The van der Waals surface area contributed by atoms with Crippen molar-refractivity contribution in [1.29, 1.82) is 0 Å². The van der Waals surface area contributed by atoms with Gasteiger partial charge in [0.25, 0.3) is 0 Å². The average molecular weight is 492 g/mol. The molecule has 0 saturated heterocycles. The molecule has 0 bridgehead atoms. The Kier molecular flexibility index (Phi) is 9.58. The molecule has 10 nitrogen and oxygen atoms in total. The predicted octanol–water partition coefficient (Wildman–Crippen LogP) is 1.72. The van der Waals surface area contributed by atoms with Gasteiger partial charge in [0.2, 0.25) is 15.9 Å². The molecular weight excluding hydrogens is 462 g/mol. The third-order valence-corrected chi connectivity index (χ3v) is 5.64. The highest BCUT2D eigenvalue weighted by Gasteiger charge is 2.30. The summed E-state index contributed by atoms with van der Waals surface area (Å²) in [6.07, 6.45) is -0.799. The quantitative estimate of drug-likeness (QED) is 0.430. The van der Waals surface area contributed by atoms with E-state index < -0.39 is 46.2 Å². The Labute approximate surface area is 199 Å². The van der Waals surface area contributed by atoms with E-state index in [4.69, 9.17) is 9.47 Å². The van der Waals surface area contributed by atoms with E-state index in [1.807, 2.05) is 6.07 Å². The number of nitrogens with one attached hydrogen (secondary N) is 3. The van der Waals surface area contributed by atoms with Gasteiger partial charge in [0.05, 0.1) is 11.4 Å². The Balaban J connectivity index is 1.92. The monoisotopic (exact) mass is 491 g/mol. The van der Waals surface area contributed by atoms with Crippen molar-refractivity contribution in [2.24, 2.45) is 0 Å². The van der Waals surface area contributed by atoms with Crippen LogP contribution in [0.25, 0.3) is 0 Å². The molecule has 1 atom stereocenters. The summed E-state index contributed by atoms with van der Waals surface area (Å²) in [5.41, 5.74) is -0.0882. The Morgan fingerprint density at radius 3 is 2.09 bits per heavy atom. The molecule has 0 aromatic heterocycles. The normalized spacial score (nSPS) is 12.3. The van der Waals surface area contributed by atoms with Crippen LogP contribution in [0.15, 0.2) is 65.6 Å². The molecule has 3 N–H and O–H groups in total. The zero-order chi connectivity index (χ0) is 25.2. The smallest absolute Gasteiger partial charge is 0.407 e. The molecule has 2 amide bonds. The topological polar surface area (TPSA) is 140 Å². The molecular formula is C23H29N3O7S. The number of rotatable bonds is 10. The molecule has 0 spiro atoms. The number of sulfonamides is 1. The highest BCUT2D eigenvalue weighted by atomic mass is 32.2. The molecule has 2 aromatic rings. The lowest BCUT2D eigenvalue weighted by Gasteiger charge is -2.24. The molecule has 0 unspecified atom stereocenters. The fourth-order valence-electron chi connectivity index (χ4n) is 2.61. The van der Waals surface area contributed by atoms with E-state index in [0.717, 1.165) is 5.56 Å². The van der Waals surface area contributed by atoms with Crippen LogP contribution in [-0.2, 0) is 35.7 Å². The molecule has 34 heavy (non-hydrogen) atoms. The van der Waals surface area contributed by atoms with E-state index in [1.165, 1.54) is 12.1 Å². The van der Waals surface area contributed by atoms with Gasteiger partial charge in [-0.05, 0) is 38.5 Å². The van der Waals surface area contributed by atoms with Gasteiger partial charge in [0.1, 0.15) is 18.2 Å². The second-order valence-electron chi connectivity index (χ2n) is 8.24. The SMILES string of the molecule is CC(C)(C)OC(=O)[C@H](CNC(=O)CNC(=O)OCc1ccccc1)NS(=O)(=O)c1ccccc1. The van der Waals surface area contributed by atoms with Gasteiger partial charge in [-0.3, -0.25) is 9.59 Å². The summed E-state index contributed by atoms with van der Waals surface area (Å²) in [6.45, 7) is 4.13. The van der Waals surface area contributed by atoms with E-state index in [1.54, 1.807) is 63.2 Å². The fraction of sp³-hybridized carbons (Fsp3) is 0.348. The van der Waals surface area contributed by atoms with Gasteiger partial charge < -0.3 is 20.1 Å². The van der Waals surface area contributed by atoms with Crippen molar-refractivity contribution in [3.63, 3.8) is 0 Å². The number of carbonyl (C=O) groups is 3. The maximum Gasteiger partial charge on any atom is 0.407 e.